The van der Waals surface area contributed by atoms with E-state index >= 15 is 26.3 Å². The van der Waals surface area contributed by atoms with Crippen molar-refractivity contribution in [2.45, 2.75) is 174 Å². The van der Waals surface area contributed by atoms with E-state index in [1.165, 1.54) is 24.3 Å². The third kappa shape index (κ3) is 13.2. The summed E-state index contributed by atoms with van der Waals surface area (Å²) in [5.41, 5.74) is 27.7. The van der Waals surface area contributed by atoms with Crippen molar-refractivity contribution in [1.82, 2.24) is 39.9 Å². The zero-order chi connectivity index (χ0) is 82.0. The Hall–Kier alpha value is -9.40. The number of aromatic nitrogens is 8. The van der Waals surface area contributed by atoms with Gasteiger partial charge in [-0.05, 0) is 330 Å². The van der Waals surface area contributed by atoms with E-state index in [9.17, 15) is 0 Å². The minimum absolute atomic E-state index is 0.0565. The van der Waals surface area contributed by atoms with Crippen LogP contribution in [0, 0.1) is 55.4 Å². The van der Waals surface area contributed by atoms with Crippen LogP contribution in [-0.2, 0) is 63.7 Å². The SMILES string of the molecule is CCc1c2[nH]c(c1C)C(c1ccccc1C(F)(F)F)=c1[nH]c(c(CC)c1C)=C(c1ccc(N(c3ccccc3)c3ccc(C4=c5[nH]c(c(C)c5CC)=C(Br)c5[nH]c(c(CC)c5C)C(Br)=c5[nH]c(c(C)c5CC)=C(c5ccccc5C(F)(F)F)c5[nH]c4c(CC)c5C)cc3)cc1)c1[nH]c(c(C)c1CC)C(Br)=c1[nH]c(c(CC)c1C)=C2Br. The first-order valence-corrected chi connectivity index (χ1v) is 42.9. The Bertz CT molecular complexity index is 6670. The van der Waals surface area contributed by atoms with Crippen LogP contribution in [0.2, 0.25) is 0 Å². The number of hydrogen-bond acceptors (Lipinski definition) is 1. The lowest BCUT2D eigenvalue weighted by atomic mass is 9.91. The third-order valence-corrected chi connectivity index (χ3v) is 27.6. The van der Waals surface area contributed by atoms with Crippen LogP contribution >= 0.6 is 63.7 Å². The van der Waals surface area contributed by atoms with Crippen molar-refractivity contribution in [3.8, 4) is 0 Å². The van der Waals surface area contributed by atoms with Crippen molar-refractivity contribution in [2.75, 3.05) is 4.90 Å². The predicted octanol–water partition coefficient (Wildman–Crippen LogP) is 20.6. The van der Waals surface area contributed by atoms with Gasteiger partial charge in [0.05, 0.1) is 117 Å². The molecular formula is C96H93Br4F6N9. The molecule has 592 valence electrons. The zero-order valence-corrected chi connectivity index (χ0v) is 73.9. The van der Waals surface area contributed by atoms with Gasteiger partial charge in [0, 0.05) is 39.4 Å². The van der Waals surface area contributed by atoms with Crippen molar-refractivity contribution in [3.63, 3.8) is 0 Å². The number of halogens is 10. The maximum absolute atomic E-state index is 15.8. The topological polar surface area (TPSA) is 130 Å². The largest absolute Gasteiger partial charge is 0.417 e. The Kier molecular flexibility index (Phi) is 21.9. The van der Waals surface area contributed by atoms with Crippen molar-refractivity contribution >= 4 is 121 Å². The molecular weight excluding hydrogens is 1710 g/mol. The minimum atomic E-state index is -4.69. The van der Waals surface area contributed by atoms with E-state index in [0.717, 1.165) is 213 Å². The number of nitrogens with one attached hydrogen (secondary N) is 8. The lowest BCUT2D eigenvalue weighted by Crippen LogP contribution is -2.21. The van der Waals surface area contributed by atoms with Gasteiger partial charge < -0.3 is 44.8 Å². The van der Waals surface area contributed by atoms with Gasteiger partial charge in [0.25, 0.3) is 0 Å². The molecule has 19 heteroatoms. The molecule has 0 fully saturated rings. The smallest absolute Gasteiger partial charge is 0.354 e. The van der Waals surface area contributed by atoms with Gasteiger partial charge in [0.2, 0.25) is 0 Å². The molecule has 115 heavy (non-hydrogen) atoms. The number of para-hydroxylation sites is 1. The monoisotopic (exact) mass is 1800 g/mol. The number of H-pyrrole nitrogens is 8. The highest BCUT2D eigenvalue weighted by Crippen LogP contribution is 2.45. The number of benzene rings is 5. The molecule has 0 atom stereocenters. The molecule has 0 radical (unpaired) electrons. The highest BCUT2D eigenvalue weighted by Gasteiger charge is 2.39. The van der Waals surface area contributed by atoms with E-state index in [0.29, 0.717) is 84.6 Å². The van der Waals surface area contributed by atoms with Crippen LogP contribution in [0.25, 0.3) is 40.2 Å². The van der Waals surface area contributed by atoms with Gasteiger partial charge in [-0.25, -0.2) is 0 Å². The molecule has 0 aliphatic carbocycles. The molecule has 2 aliphatic heterocycles. The van der Waals surface area contributed by atoms with Crippen molar-refractivity contribution < 1.29 is 26.3 Å². The van der Waals surface area contributed by atoms with Crippen molar-refractivity contribution in [1.29, 1.82) is 0 Å². The summed E-state index contributed by atoms with van der Waals surface area (Å²) in [5, 5.41) is 6.32. The first-order chi connectivity index (χ1) is 55.0. The van der Waals surface area contributed by atoms with E-state index in [-0.39, 0.29) is 11.1 Å². The fourth-order valence-corrected chi connectivity index (χ4v) is 21.6. The second-order valence-corrected chi connectivity index (χ2v) is 33.4. The summed E-state index contributed by atoms with van der Waals surface area (Å²) < 4.78 is 98.4. The Balaban J connectivity index is 0.990. The molecule has 2 aliphatic rings. The first-order valence-electron chi connectivity index (χ1n) is 39.8. The average Bonchev–Trinajstić information content (AvgIpc) is 1.59. The minimum Gasteiger partial charge on any atom is -0.354 e. The van der Waals surface area contributed by atoms with Gasteiger partial charge in [-0.15, -0.1) is 0 Å². The molecule has 8 N–H and O–H groups in total. The molecule has 0 unspecified atom stereocenters. The first kappa shape index (κ1) is 80.8. The number of anilines is 3. The lowest BCUT2D eigenvalue weighted by Gasteiger charge is -2.26. The highest BCUT2D eigenvalue weighted by molar-refractivity contribution is 9.15. The molecule has 16 bridgehead atoms. The van der Waals surface area contributed by atoms with Crippen LogP contribution in [0.15, 0.2) is 127 Å². The quantitative estimate of drug-likeness (QED) is 0.0478. The maximum Gasteiger partial charge on any atom is 0.417 e. The number of aromatic amines is 8. The molecule has 10 heterocycles. The van der Waals surface area contributed by atoms with Gasteiger partial charge in [0.1, 0.15) is 0 Å². The van der Waals surface area contributed by atoms with Crippen LogP contribution < -0.4 is 47.7 Å². The summed E-state index contributed by atoms with van der Waals surface area (Å²) in [5.74, 6) is 0. The summed E-state index contributed by atoms with van der Waals surface area (Å²) in [4.78, 5) is 33.5. The second-order valence-electron chi connectivity index (χ2n) is 30.3. The molecule has 9 nitrogen and oxygen atoms in total. The molecule has 5 aromatic carbocycles. The fraction of sp³-hybridized carbons (Fsp3) is 0.271. The second kappa shape index (κ2) is 31.2. The number of fused-ring (bicyclic) bond motifs is 16. The molecule has 0 saturated carbocycles. The van der Waals surface area contributed by atoms with E-state index in [4.69, 9.17) is 0 Å². The van der Waals surface area contributed by atoms with Crippen molar-refractivity contribution in [2.24, 2.45) is 0 Å². The van der Waals surface area contributed by atoms with Gasteiger partial charge in [-0.1, -0.05) is 134 Å². The van der Waals surface area contributed by atoms with Crippen LogP contribution in [0.5, 0.6) is 0 Å². The van der Waals surface area contributed by atoms with Gasteiger partial charge in [0.15, 0.2) is 0 Å². The van der Waals surface area contributed by atoms with Gasteiger partial charge >= 0.3 is 12.4 Å². The molecule has 8 aromatic heterocycles. The predicted molar refractivity (Wildman–Crippen MR) is 472 cm³/mol. The van der Waals surface area contributed by atoms with Crippen LogP contribution in [0.3, 0.4) is 0 Å². The van der Waals surface area contributed by atoms with Gasteiger partial charge in [-0.3, -0.25) is 0 Å². The van der Waals surface area contributed by atoms with Gasteiger partial charge in [-0.2, -0.15) is 26.3 Å². The lowest BCUT2D eigenvalue weighted by molar-refractivity contribution is -0.138. The standard InChI is InChI=1S/C96H93Br4F6N9/c1-17-59-46(9)79-73(67-34-28-30-36-69(67)95(101,102)103)81-48(11)63(21-5)91(109-81)77(99)93-65(23-7)52(15)85(113-93)75(97)83-50(13)61(19-3)89(111-83)71(87(59)107-79)54-38-42-57(43-39-54)115(56-32-26-25-27-33-56)58-44-40-55(41-45-58)72-88-60(18-2)47(10)80(108-88)74(68-35-29-31-37-70(68)96(104,105)106)82-49(12)64(22-6)92(110-82)78(100)94-66(24-8)53(16)86(114-94)76(98)84-51(14)62(20-4)90(72)112-84/h25-45,107-114H,17-24H2,1-16H3. The normalized spacial score (nSPS) is 13.4. The summed E-state index contributed by atoms with van der Waals surface area (Å²) in [7, 11) is 0. The Morgan fingerprint density at radius 3 is 0.896 bits per heavy atom. The summed E-state index contributed by atoms with van der Waals surface area (Å²) in [6, 6.07) is 39.3. The number of rotatable bonds is 15. The van der Waals surface area contributed by atoms with E-state index < -0.39 is 23.5 Å². The fourth-order valence-electron chi connectivity index (χ4n) is 18.7. The molecule has 0 amide bonds. The van der Waals surface area contributed by atoms with Crippen molar-refractivity contribution in [3.05, 3.63) is 338 Å². The van der Waals surface area contributed by atoms with Crippen LogP contribution in [0.1, 0.15) is 223 Å². The third-order valence-electron chi connectivity index (χ3n) is 24.5. The van der Waals surface area contributed by atoms with Crippen LogP contribution in [0.4, 0.5) is 43.4 Å². The van der Waals surface area contributed by atoms with Crippen LogP contribution in [-0.4, -0.2) is 39.9 Å². The summed E-state index contributed by atoms with van der Waals surface area (Å²) in [6.45, 7) is 33.7. The maximum atomic E-state index is 15.8. The average molecular weight is 1810 g/mol. The number of nitrogens with zero attached hydrogens (tertiary/aromatic N) is 1. The Labute approximate surface area is 699 Å². The Morgan fingerprint density at radius 2 is 0.522 bits per heavy atom. The summed E-state index contributed by atoms with van der Waals surface area (Å²) in [6.07, 6.45) is -4.37. The van der Waals surface area contributed by atoms with E-state index in [1.54, 1.807) is 24.3 Å². The Morgan fingerprint density at radius 1 is 0.252 bits per heavy atom. The molecule has 13 aromatic rings. The number of hydrogen-bond donors (Lipinski definition) is 8. The van der Waals surface area contributed by atoms with E-state index in [2.05, 4.69) is 252 Å². The van der Waals surface area contributed by atoms with E-state index in [1.807, 2.05) is 45.9 Å². The molecule has 15 rings (SSSR count). The highest BCUT2D eigenvalue weighted by atomic mass is 79.9. The molecule has 0 spiro atoms. The number of alkyl halides is 6. The summed E-state index contributed by atoms with van der Waals surface area (Å²) >= 11 is 16.6. The zero-order valence-electron chi connectivity index (χ0n) is 67.5. The molecule has 0 saturated heterocycles.